The molecule has 2 N–H and O–H groups in total. The summed E-state index contributed by atoms with van der Waals surface area (Å²) in [7, 11) is 1.61. The van der Waals surface area contributed by atoms with Gasteiger partial charge in [0.05, 0.1) is 17.1 Å². The van der Waals surface area contributed by atoms with Crippen LogP contribution in [-0.4, -0.2) is 17.0 Å². The number of nitrogens with zero attached hydrogens (tertiary/aromatic N) is 2. The maximum absolute atomic E-state index is 13.5. The van der Waals surface area contributed by atoms with E-state index < -0.39 is 4.92 Å². The highest BCUT2D eigenvalue weighted by Gasteiger charge is 2.12. The zero-order chi connectivity index (χ0) is 14.7. The number of aromatic nitrogens is 1. The summed E-state index contributed by atoms with van der Waals surface area (Å²) in [6.45, 7) is 1.62. The number of halogens is 1. The van der Waals surface area contributed by atoms with Crippen molar-refractivity contribution in [3.8, 4) is 0 Å². The van der Waals surface area contributed by atoms with Gasteiger partial charge in [0.2, 0.25) is 0 Å². The van der Waals surface area contributed by atoms with E-state index in [-0.39, 0.29) is 17.3 Å². The summed E-state index contributed by atoms with van der Waals surface area (Å²) in [5.74, 6) is 0.280. The first-order valence-electron chi connectivity index (χ1n) is 5.87. The molecule has 6 nitrogen and oxygen atoms in total. The highest BCUT2D eigenvalue weighted by atomic mass is 19.1. The Morgan fingerprint density at radius 3 is 2.65 bits per heavy atom. The van der Waals surface area contributed by atoms with E-state index in [4.69, 9.17) is 0 Å². The summed E-state index contributed by atoms with van der Waals surface area (Å²) >= 11 is 0. The van der Waals surface area contributed by atoms with Crippen LogP contribution in [0.15, 0.2) is 30.3 Å². The van der Waals surface area contributed by atoms with Gasteiger partial charge < -0.3 is 10.6 Å². The minimum Gasteiger partial charge on any atom is -0.373 e. The van der Waals surface area contributed by atoms with Crippen LogP contribution in [0.25, 0.3) is 0 Å². The van der Waals surface area contributed by atoms with Crippen molar-refractivity contribution in [1.82, 2.24) is 4.98 Å². The van der Waals surface area contributed by atoms with E-state index in [1.54, 1.807) is 26.1 Å². The number of anilines is 3. The van der Waals surface area contributed by atoms with Gasteiger partial charge in [-0.05, 0) is 19.1 Å². The molecule has 0 saturated heterocycles. The van der Waals surface area contributed by atoms with Gasteiger partial charge in [-0.25, -0.2) is 9.37 Å². The molecule has 0 bridgehead atoms. The van der Waals surface area contributed by atoms with Crippen LogP contribution in [0.1, 0.15) is 5.56 Å². The molecule has 0 saturated carbocycles. The van der Waals surface area contributed by atoms with Crippen molar-refractivity contribution in [3.63, 3.8) is 0 Å². The first kappa shape index (κ1) is 13.7. The Morgan fingerprint density at radius 2 is 2.00 bits per heavy atom. The molecule has 0 aliphatic heterocycles. The average molecular weight is 276 g/mol. The van der Waals surface area contributed by atoms with Gasteiger partial charge in [0.15, 0.2) is 0 Å². The number of hydrogen-bond acceptors (Lipinski definition) is 5. The molecule has 0 fully saturated rings. The Hall–Kier alpha value is -2.70. The number of pyridine rings is 1. The fraction of sp³-hybridized carbons (Fsp3) is 0.154. The topological polar surface area (TPSA) is 80.1 Å². The highest BCUT2D eigenvalue weighted by Crippen LogP contribution is 2.25. The monoisotopic (exact) mass is 276 g/mol. The average Bonchev–Trinajstić information content (AvgIpc) is 2.43. The Morgan fingerprint density at radius 1 is 1.30 bits per heavy atom. The second-order valence-corrected chi connectivity index (χ2v) is 4.14. The number of hydrogen-bond donors (Lipinski definition) is 2. The lowest BCUT2D eigenvalue weighted by Crippen LogP contribution is -2.01. The fourth-order valence-electron chi connectivity index (χ4n) is 1.69. The first-order chi connectivity index (χ1) is 9.51. The largest absolute Gasteiger partial charge is 0.373 e. The number of nitrogens with one attached hydrogen (secondary N) is 2. The molecule has 1 heterocycles. The van der Waals surface area contributed by atoms with Gasteiger partial charge in [-0.15, -0.1) is 0 Å². The van der Waals surface area contributed by atoms with Crippen molar-refractivity contribution in [2.24, 2.45) is 0 Å². The van der Waals surface area contributed by atoms with E-state index in [1.807, 2.05) is 0 Å². The zero-order valence-corrected chi connectivity index (χ0v) is 11.0. The van der Waals surface area contributed by atoms with E-state index in [1.165, 1.54) is 18.2 Å². The van der Waals surface area contributed by atoms with Gasteiger partial charge >= 0.3 is 0 Å². The van der Waals surface area contributed by atoms with Crippen molar-refractivity contribution in [2.45, 2.75) is 6.92 Å². The molecule has 7 heteroatoms. The van der Waals surface area contributed by atoms with Crippen molar-refractivity contribution >= 4 is 23.0 Å². The van der Waals surface area contributed by atoms with Gasteiger partial charge in [-0.3, -0.25) is 10.1 Å². The number of benzene rings is 1. The van der Waals surface area contributed by atoms with Gasteiger partial charge in [0.1, 0.15) is 17.5 Å². The summed E-state index contributed by atoms with van der Waals surface area (Å²) in [6, 6.07) is 7.20. The lowest BCUT2D eigenvalue weighted by Gasteiger charge is -2.10. The second kappa shape index (κ2) is 5.52. The Labute approximate surface area is 114 Å². The molecule has 0 atom stereocenters. The van der Waals surface area contributed by atoms with E-state index in [0.29, 0.717) is 17.1 Å². The lowest BCUT2D eigenvalue weighted by atomic mass is 10.2. The van der Waals surface area contributed by atoms with Crippen LogP contribution in [-0.2, 0) is 0 Å². The fourth-order valence-corrected chi connectivity index (χ4v) is 1.69. The van der Waals surface area contributed by atoms with Crippen LogP contribution in [0.4, 0.5) is 27.4 Å². The molecule has 2 aromatic rings. The lowest BCUT2D eigenvalue weighted by molar-refractivity contribution is -0.384. The van der Waals surface area contributed by atoms with Crippen LogP contribution in [0, 0.1) is 22.9 Å². The standard InChI is InChI=1S/C13H13FN4O2/c1-8-10(14)4-3-5-11(8)16-13-7-9(18(19)20)6-12(15-2)17-13/h3-7H,1-2H3,(H2,15,16,17). The van der Waals surface area contributed by atoms with Crippen molar-refractivity contribution in [1.29, 1.82) is 0 Å². The predicted molar refractivity (Wildman–Crippen MR) is 74.9 cm³/mol. The van der Waals surface area contributed by atoms with Crippen LogP contribution in [0.3, 0.4) is 0 Å². The van der Waals surface area contributed by atoms with Crippen LogP contribution >= 0.6 is 0 Å². The summed E-state index contributed by atoms with van der Waals surface area (Å²) in [5, 5.41) is 16.5. The number of rotatable bonds is 4. The maximum Gasteiger partial charge on any atom is 0.276 e. The predicted octanol–water partition coefficient (Wildman–Crippen LogP) is 3.22. The quantitative estimate of drug-likeness (QED) is 0.662. The second-order valence-electron chi connectivity index (χ2n) is 4.14. The minimum atomic E-state index is -0.508. The van der Waals surface area contributed by atoms with Gasteiger partial charge in [0.25, 0.3) is 5.69 Å². The third kappa shape index (κ3) is 2.82. The normalized spacial score (nSPS) is 10.2. The molecule has 0 unspecified atom stereocenters. The minimum absolute atomic E-state index is 0.0964. The summed E-state index contributed by atoms with van der Waals surface area (Å²) in [4.78, 5) is 14.5. The number of nitro groups is 1. The molecule has 20 heavy (non-hydrogen) atoms. The van der Waals surface area contributed by atoms with Crippen LogP contribution in [0.5, 0.6) is 0 Å². The van der Waals surface area contributed by atoms with Crippen molar-refractivity contribution in [3.05, 3.63) is 51.8 Å². The molecule has 104 valence electrons. The van der Waals surface area contributed by atoms with E-state index >= 15 is 0 Å². The molecule has 0 aliphatic carbocycles. The molecular formula is C13H13FN4O2. The smallest absolute Gasteiger partial charge is 0.276 e. The molecule has 0 amide bonds. The Bertz CT molecular complexity index is 661. The maximum atomic E-state index is 13.5. The Balaban J connectivity index is 2.40. The summed E-state index contributed by atoms with van der Waals surface area (Å²) in [5.41, 5.74) is 0.841. The van der Waals surface area contributed by atoms with Crippen molar-refractivity contribution in [2.75, 3.05) is 17.7 Å². The molecule has 0 spiro atoms. The summed E-state index contributed by atoms with van der Waals surface area (Å²) < 4.78 is 13.5. The zero-order valence-electron chi connectivity index (χ0n) is 11.0. The third-order valence-corrected chi connectivity index (χ3v) is 2.81. The van der Waals surface area contributed by atoms with E-state index in [0.717, 1.165) is 0 Å². The van der Waals surface area contributed by atoms with E-state index in [9.17, 15) is 14.5 Å². The SMILES string of the molecule is CNc1cc([N+](=O)[O-])cc(Nc2cccc(F)c2C)n1. The van der Waals surface area contributed by atoms with Crippen LogP contribution in [0.2, 0.25) is 0 Å². The van der Waals surface area contributed by atoms with Gasteiger partial charge in [-0.1, -0.05) is 6.07 Å². The van der Waals surface area contributed by atoms with Crippen molar-refractivity contribution < 1.29 is 9.31 Å². The van der Waals surface area contributed by atoms with E-state index in [2.05, 4.69) is 15.6 Å². The van der Waals surface area contributed by atoms with Gasteiger partial charge in [-0.2, -0.15) is 0 Å². The van der Waals surface area contributed by atoms with Gasteiger partial charge in [0, 0.05) is 18.3 Å². The first-order valence-corrected chi connectivity index (χ1v) is 5.87. The third-order valence-electron chi connectivity index (χ3n) is 2.81. The molecular weight excluding hydrogens is 263 g/mol. The molecule has 1 aromatic heterocycles. The summed E-state index contributed by atoms with van der Waals surface area (Å²) in [6.07, 6.45) is 0. The molecule has 0 aliphatic rings. The molecule has 2 rings (SSSR count). The Kier molecular flexibility index (Phi) is 3.79. The molecule has 0 radical (unpaired) electrons. The molecule has 1 aromatic carbocycles. The van der Waals surface area contributed by atoms with Crippen LogP contribution < -0.4 is 10.6 Å². The highest BCUT2D eigenvalue weighted by molar-refractivity contribution is 5.64.